The predicted molar refractivity (Wildman–Crippen MR) is 68.3 cm³/mol. The second-order valence-corrected chi connectivity index (χ2v) is 12.1. The summed E-state index contributed by atoms with van der Waals surface area (Å²) in [6.45, 7) is 2.26. The summed E-state index contributed by atoms with van der Waals surface area (Å²) in [5.41, 5.74) is 0. The van der Waals surface area contributed by atoms with Crippen LogP contribution in [0.3, 0.4) is 0 Å². The molecular weight excluding hydrogens is 338 g/mol. The van der Waals surface area contributed by atoms with Crippen LogP contribution in [-0.2, 0) is 19.2 Å². The Labute approximate surface area is 136 Å². The van der Waals surface area contributed by atoms with Gasteiger partial charge in [0.2, 0.25) is 0 Å². The van der Waals surface area contributed by atoms with Gasteiger partial charge in [-0.3, -0.25) is 0 Å². The monoisotopic (exact) mass is 352 g/mol. The minimum atomic E-state index is -1.81. The topological polar surface area (TPSA) is 0 Å². The Kier molecular flexibility index (Phi) is 6.05. The van der Waals surface area contributed by atoms with E-state index >= 15 is 0 Å². The van der Waals surface area contributed by atoms with E-state index in [1.54, 1.807) is 18.1 Å². The molecule has 0 fully saturated rings. The first-order valence-corrected chi connectivity index (χ1v) is 10.8. The fourth-order valence-electron chi connectivity index (χ4n) is 2.93. The molecule has 0 N–H and O–H groups in total. The molecule has 3 rings (SSSR count). The fourth-order valence-corrected chi connectivity index (χ4v) is 13.2. The molecular formula is C13H15Cl3SiTi. The summed E-state index contributed by atoms with van der Waals surface area (Å²) < 4.78 is 3.50. The third-order valence-electron chi connectivity index (χ3n) is 3.61. The number of halogens is 3. The van der Waals surface area contributed by atoms with Gasteiger partial charge in [-0.25, -0.2) is 0 Å². The van der Waals surface area contributed by atoms with Crippen molar-refractivity contribution >= 4 is 18.5 Å². The van der Waals surface area contributed by atoms with Crippen molar-refractivity contribution in [2.45, 2.75) is 32.2 Å². The smallest absolute Gasteiger partial charge is 1.00 e. The van der Waals surface area contributed by atoms with Crippen molar-refractivity contribution in [2.24, 2.45) is 0 Å². The molecule has 5 heteroatoms. The van der Waals surface area contributed by atoms with Crippen molar-refractivity contribution < 1.29 is 44.0 Å². The zero-order chi connectivity index (χ0) is 11.2. The summed E-state index contributed by atoms with van der Waals surface area (Å²) in [6, 6.07) is 1.22. The average Bonchev–Trinajstić information content (AvgIpc) is 2.86. The molecule has 3 aliphatic rings. The van der Waals surface area contributed by atoms with Crippen molar-refractivity contribution in [3.8, 4) is 0 Å². The molecule has 0 unspecified atom stereocenters. The first kappa shape index (κ1) is 16.8. The molecule has 0 aromatic heterocycles. The van der Waals surface area contributed by atoms with Crippen LogP contribution >= 0.6 is 11.1 Å². The molecule has 0 atom stereocenters. The van der Waals surface area contributed by atoms with E-state index in [1.165, 1.54) is 25.3 Å². The number of hydrogen-bond acceptors (Lipinski definition) is 0. The largest absolute Gasteiger partial charge is 1.00 e. The Morgan fingerprint density at radius 3 is 2.06 bits per heavy atom. The molecule has 0 radical (unpaired) electrons. The van der Waals surface area contributed by atoms with Crippen molar-refractivity contribution in [2.75, 3.05) is 0 Å². The standard InChI is InChI=1S/C13H15ClSi.2ClH.Ti/c1-2-11-15(14,12-7-3-4-8-12)13-9-5-6-10-13;;;/h3,5,7,9H,2,4,6,11H2,1H3;2*1H;/q;;;+2/p-2. The molecule has 0 aromatic rings. The van der Waals surface area contributed by atoms with Crippen LogP contribution in [-0.4, -0.2) is 7.38 Å². The van der Waals surface area contributed by atoms with Crippen LogP contribution in [0.25, 0.3) is 0 Å². The molecule has 1 heterocycles. The Morgan fingerprint density at radius 2 is 1.61 bits per heavy atom. The number of allylic oxidation sites excluding steroid dienone is 8. The third-order valence-corrected chi connectivity index (χ3v) is 12.4. The molecule has 1 aliphatic heterocycles. The summed E-state index contributed by atoms with van der Waals surface area (Å²) in [5.74, 6) is 0. The normalized spacial score (nSPS) is 21.7. The van der Waals surface area contributed by atoms with Crippen LogP contribution < -0.4 is 24.8 Å². The molecule has 0 spiro atoms. The van der Waals surface area contributed by atoms with E-state index in [9.17, 15) is 0 Å². The molecule has 18 heavy (non-hydrogen) atoms. The molecule has 0 bridgehead atoms. The molecule has 0 saturated heterocycles. The van der Waals surface area contributed by atoms with E-state index in [2.05, 4.69) is 31.2 Å². The molecule has 0 amide bonds. The van der Waals surface area contributed by atoms with Gasteiger partial charge in [-0.15, -0.1) is 0 Å². The maximum atomic E-state index is 7.12. The average molecular weight is 354 g/mol. The summed E-state index contributed by atoms with van der Waals surface area (Å²) in [5, 5.41) is 3.20. The quantitative estimate of drug-likeness (QED) is 0.406. The van der Waals surface area contributed by atoms with Gasteiger partial charge in [0.15, 0.2) is 0 Å². The first-order valence-electron chi connectivity index (χ1n) is 6.02. The van der Waals surface area contributed by atoms with Crippen LogP contribution in [0.1, 0.15) is 26.2 Å². The maximum absolute atomic E-state index is 7.12. The van der Waals surface area contributed by atoms with E-state index in [0.29, 0.717) is 0 Å². The predicted octanol–water partition coefficient (Wildman–Crippen LogP) is -1.81. The Morgan fingerprint density at radius 1 is 1.11 bits per heavy atom. The maximum Gasteiger partial charge on any atom is -1.00 e. The van der Waals surface area contributed by atoms with Crippen molar-refractivity contribution in [3.63, 3.8) is 0 Å². The third kappa shape index (κ3) is 2.51. The minimum Gasteiger partial charge on any atom is -1.00 e. The Bertz CT molecular complexity index is 427. The molecule has 0 aromatic carbocycles. The van der Waals surface area contributed by atoms with Gasteiger partial charge in [-0.2, -0.15) is 0 Å². The molecule has 0 saturated carbocycles. The van der Waals surface area contributed by atoms with Crippen molar-refractivity contribution in [1.82, 2.24) is 0 Å². The van der Waals surface area contributed by atoms with E-state index in [1.807, 2.05) is 0 Å². The first-order chi connectivity index (χ1) is 7.75. The van der Waals surface area contributed by atoms with E-state index < -0.39 is 7.38 Å². The number of rotatable bonds is 2. The zero-order valence-electron chi connectivity index (χ0n) is 10.3. The van der Waals surface area contributed by atoms with Crippen LogP contribution in [0.4, 0.5) is 0 Å². The number of hydrogen-bond donors (Lipinski definition) is 0. The SMILES string of the molecule is CCC[Si]1(Cl)C2=[C](CC=C2)[Ti+2][C]2=C1C=CC2.[Cl-].[Cl-]. The van der Waals surface area contributed by atoms with Crippen molar-refractivity contribution in [3.05, 3.63) is 42.5 Å². The van der Waals surface area contributed by atoms with Gasteiger partial charge in [0, 0.05) is 0 Å². The fraction of sp³-hybridized carbons (Fsp3) is 0.385. The van der Waals surface area contributed by atoms with Gasteiger partial charge in [0.1, 0.15) is 0 Å². The minimum absolute atomic E-state index is 0. The van der Waals surface area contributed by atoms with Gasteiger partial charge >= 0.3 is 112 Å². The van der Waals surface area contributed by atoms with Crippen molar-refractivity contribution in [1.29, 1.82) is 0 Å². The Balaban J connectivity index is 0.000000810. The van der Waals surface area contributed by atoms with Crippen LogP contribution in [0.5, 0.6) is 0 Å². The Hall–Kier alpha value is 0.761. The van der Waals surface area contributed by atoms with Gasteiger partial charge in [0.25, 0.3) is 0 Å². The molecule has 0 nitrogen and oxygen atoms in total. The van der Waals surface area contributed by atoms with Crippen LogP contribution in [0.2, 0.25) is 6.04 Å². The van der Waals surface area contributed by atoms with Gasteiger partial charge in [-0.05, 0) is 0 Å². The summed E-state index contributed by atoms with van der Waals surface area (Å²) in [4.78, 5) is 0. The van der Waals surface area contributed by atoms with Gasteiger partial charge < -0.3 is 24.8 Å². The molecule has 96 valence electrons. The van der Waals surface area contributed by atoms with E-state index in [0.717, 1.165) is 0 Å². The van der Waals surface area contributed by atoms with E-state index in [4.69, 9.17) is 11.1 Å². The van der Waals surface area contributed by atoms with Crippen LogP contribution in [0.15, 0.2) is 42.5 Å². The van der Waals surface area contributed by atoms with Crippen LogP contribution in [0, 0.1) is 0 Å². The zero-order valence-corrected chi connectivity index (χ0v) is 15.1. The van der Waals surface area contributed by atoms with Gasteiger partial charge in [-0.1, -0.05) is 0 Å². The molecule has 2 aliphatic carbocycles. The van der Waals surface area contributed by atoms with Gasteiger partial charge in [0.05, 0.1) is 0 Å². The summed E-state index contributed by atoms with van der Waals surface area (Å²) >= 11 is 7.12. The summed E-state index contributed by atoms with van der Waals surface area (Å²) in [6.07, 6.45) is 13.0. The summed E-state index contributed by atoms with van der Waals surface area (Å²) in [7, 11) is -1.81. The second-order valence-electron chi connectivity index (χ2n) is 4.67. The second kappa shape index (κ2) is 6.47. The van der Waals surface area contributed by atoms with E-state index in [-0.39, 0.29) is 44.0 Å².